The average Bonchev–Trinajstić information content (AvgIpc) is 3.23. The van der Waals surface area contributed by atoms with Crippen LogP contribution in [0.4, 0.5) is 5.69 Å². The maximum absolute atomic E-state index is 12.7. The summed E-state index contributed by atoms with van der Waals surface area (Å²) in [5.74, 6) is 0.513. The average molecular weight is 310 g/mol. The number of nitrogens with zero attached hydrogens (tertiary/aromatic N) is 2. The van der Waals surface area contributed by atoms with Gasteiger partial charge in [0.2, 0.25) is 0 Å². The van der Waals surface area contributed by atoms with Crippen molar-refractivity contribution in [3.63, 3.8) is 0 Å². The Hall–Kier alpha value is -2.66. The predicted molar refractivity (Wildman–Crippen MR) is 88.1 cm³/mol. The van der Waals surface area contributed by atoms with Crippen LogP contribution in [-0.2, 0) is 0 Å². The SMILES string of the molecule is C=CCN(C(=O)c1csc(-c2ccco2)n1)c1ccccc1. The quantitative estimate of drug-likeness (QED) is 0.662. The van der Waals surface area contributed by atoms with E-state index in [1.54, 1.807) is 28.7 Å². The highest BCUT2D eigenvalue weighted by atomic mass is 32.1. The number of carbonyl (C=O) groups excluding carboxylic acids is 1. The highest BCUT2D eigenvalue weighted by Crippen LogP contribution is 2.25. The van der Waals surface area contributed by atoms with E-state index in [0.29, 0.717) is 23.0 Å². The third kappa shape index (κ3) is 2.84. The summed E-state index contributed by atoms with van der Waals surface area (Å²) in [6.07, 6.45) is 3.29. The van der Waals surface area contributed by atoms with Crippen LogP contribution in [0.3, 0.4) is 0 Å². The maximum atomic E-state index is 12.7. The molecule has 5 heteroatoms. The highest BCUT2D eigenvalue weighted by Gasteiger charge is 2.20. The van der Waals surface area contributed by atoms with Crippen molar-refractivity contribution in [1.29, 1.82) is 0 Å². The molecule has 0 spiro atoms. The number of aromatic nitrogens is 1. The minimum absolute atomic E-state index is 0.153. The molecule has 0 radical (unpaired) electrons. The van der Waals surface area contributed by atoms with E-state index in [4.69, 9.17) is 4.42 Å². The Morgan fingerprint density at radius 1 is 1.27 bits per heavy atom. The fraction of sp³-hybridized carbons (Fsp3) is 0.0588. The fourth-order valence-electron chi connectivity index (χ4n) is 2.07. The first-order chi connectivity index (χ1) is 10.8. The molecule has 0 N–H and O–H groups in total. The molecule has 3 aromatic rings. The molecule has 3 rings (SSSR count). The van der Waals surface area contributed by atoms with E-state index < -0.39 is 0 Å². The van der Waals surface area contributed by atoms with Gasteiger partial charge in [-0.3, -0.25) is 4.79 Å². The second-order valence-electron chi connectivity index (χ2n) is 4.56. The maximum Gasteiger partial charge on any atom is 0.278 e. The molecule has 4 nitrogen and oxygen atoms in total. The third-order valence-electron chi connectivity index (χ3n) is 3.08. The van der Waals surface area contributed by atoms with Gasteiger partial charge in [-0.05, 0) is 24.3 Å². The zero-order valence-electron chi connectivity index (χ0n) is 11.8. The Morgan fingerprint density at radius 3 is 2.77 bits per heavy atom. The molecule has 0 saturated heterocycles. The lowest BCUT2D eigenvalue weighted by molar-refractivity contribution is 0.0985. The van der Waals surface area contributed by atoms with Crippen LogP contribution in [0.2, 0.25) is 0 Å². The molecule has 0 bridgehead atoms. The summed E-state index contributed by atoms with van der Waals surface area (Å²) in [7, 11) is 0. The zero-order chi connectivity index (χ0) is 15.4. The van der Waals surface area contributed by atoms with Crippen molar-refractivity contribution in [3.8, 4) is 10.8 Å². The summed E-state index contributed by atoms with van der Waals surface area (Å²) < 4.78 is 5.31. The van der Waals surface area contributed by atoms with E-state index in [2.05, 4.69) is 11.6 Å². The number of furan rings is 1. The third-order valence-corrected chi connectivity index (χ3v) is 3.94. The molecule has 0 aliphatic heterocycles. The van der Waals surface area contributed by atoms with E-state index in [1.807, 2.05) is 36.4 Å². The van der Waals surface area contributed by atoms with Gasteiger partial charge in [0, 0.05) is 17.6 Å². The fourth-order valence-corrected chi connectivity index (χ4v) is 2.83. The van der Waals surface area contributed by atoms with Gasteiger partial charge in [0.1, 0.15) is 5.69 Å². The molecule has 1 amide bonds. The molecule has 0 atom stereocenters. The summed E-state index contributed by atoms with van der Waals surface area (Å²) >= 11 is 1.39. The van der Waals surface area contributed by atoms with E-state index in [1.165, 1.54) is 11.3 Å². The monoisotopic (exact) mass is 310 g/mol. The first kappa shape index (κ1) is 14.3. The Morgan fingerprint density at radius 2 is 2.09 bits per heavy atom. The van der Waals surface area contributed by atoms with E-state index in [9.17, 15) is 4.79 Å². The van der Waals surface area contributed by atoms with Crippen molar-refractivity contribution in [2.45, 2.75) is 0 Å². The van der Waals surface area contributed by atoms with Crippen LogP contribution in [0.1, 0.15) is 10.5 Å². The molecular weight excluding hydrogens is 296 g/mol. The van der Waals surface area contributed by atoms with Crippen molar-refractivity contribution in [3.05, 3.63) is 72.5 Å². The van der Waals surface area contributed by atoms with Gasteiger partial charge in [-0.1, -0.05) is 24.3 Å². The summed E-state index contributed by atoms with van der Waals surface area (Å²) in [6, 6.07) is 13.1. The number of amides is 1. The van der Waals surface area contributed by atoms with E-state index in [-0.39, 0.29) is 5.91 Å². The number of hydrogen-bond acceptors (Lipinski definition) is 4. The molecule has 0 fully saturated rings. The Bertz CT molecular complexity index is 763. The Balaban J connectivity index is 1.89. The van der Waals surface area contributed by atoms with Gasteiger partial charge >= 0.3 is 0 Å². The zero-order valence-corrected chi connectivity index (χ0v) is 12.6. The molecule has 0 aliphatic rings. The van der Waals surface area contributed by atoms with Crippen molar-refractivity contribution < 1.29 is 9.21 Å². The molecule has 110 valence electrons. The standard InChI is InChI=1S/C17H14N2O2S/c1-2-10-19(13-7-4-3-5-8-13)17(20)14-12-22-16(18-14)15-9-6-11-21-15/h2-9,11-12H,1,10H2. The molecule has 0 aliphatic carbocycles. The minimum Gasteiger partial charge on any atom is -0.462 e. The number of thiazole rings is 1. The van der Waals surface area contributed by atoms with Crippen LogP contribution in [0, 0.1) is 0 Å². The van der Waals surface area contributed by atoms with Gasteiger partial charge in [-0.15, -0.1) is 17.9 Å². The minimum atomic E-state index is -0.153. The molecular formula is C17H14N2O2S. The van der Waals surface area contributed by atoms with Crippen LogP contribution < -0.4 is 4.90 Å². The summed E-state index contributed by atoms with van der Waals surface area (Å²) in [4.78, 5) is 18.7. The number of para-hydroxylation sites is 1. The van der Waals surface area contributed by atoms with Crippen molar-refractivity contribution in [1.82, 2.24) is 4.98 Å². The second kappa shape index (κ2) is 6.41. The molecule has 0 unspecified atom stereocenters. The number of carbonyl (C=O) groups is 1. The van der Waals surface area contributed by atoms with E-state index in [0.717, 1.165) is 5.69 Å². The summed E-state index contributed by atoms with van der Waals surface area (Å²) in [5, 5.41) is 2.44. The first-order valence-electron chi connectivity index (χ1n) is 6.77. The summed E-state index contributed by atoms with van der Waals surface area (Å²) in [6.45, 7) is 4.15. The normalized spacial score (nSPS) is 10.4. The number of anilines is 1. The molecule has 2 aromatic heterocycles. The molecule has 22 heavy (non-hydrogen) atoms. The van der Waals surface area contributed by atoms with Crippen molar-refractivity contribution in [2.75, 3.05) is 11.4 Å². The molecule has 1 aromatic carbocycles. The van der Waals surface area contributed by atoms with Crippen LogP contribution in [0.25, 0.3) is 10.8 Å². The topological polar surface area (TPSA) is 46.3 Å². The van der Waals surface area contributed by atoms with Gasteiger partial charge < -0.3 is 9.32 Å². The predicted octanol–water partition coefficient (Wildman–Crippen LogP) is 4.24. The first-order valence-corrected chi connectivity index (χ1v) is 7.65. The lowest BCUT2D eigenvalue weighted by Crippen LogP contribution is -2.31. The largest absolute Gasteiger partial charge is 0.462 e. The smallest absolute Gasteiger partial charge is 0.278 e. The number of hydrogen-bond donors (Lipinski definition) is 0. The number of rotatable bonds is 5. The van der Waals surface area contributed by atoms with Gasteiger partial charge in [0.25, 0.3) is 5.91 Å². The highest BCUT2D eigenvalue weighted by molar-refractivity contribution is 7.13. The van der Waals surface area contributed by atoms with Crippen molar-refractivity contribution >= 4 is 22.9 Å². The van der Waals surface area contributed by atoms with Gasteiger partial charge in [-0.25, -0.2) is 4.98 Å². The van der Waals surface area contributed by atoms with Crippen molar-refractivity contribution in [2.24, 2.45) is 0 Å². The van der Waals surface area contributed by atoms with E-state index >= 15 is 0 Å². The van der Waals surface area contributed by atoms with Crippen LogP contribution >= 0.6 is 11.3 Å². The Labute approximate surface area is 132 Å². The lowest BCUT2D eigenvalue weighted by Gasteiger charge is -2.20. The second-order valence-corrected chi connectivity index (χ2v) is 5.41. The number of benzene rings is 1. The van der Waals surface area contributed by atoms with Crippen LogP contribution in [0.15, 0.2) is 71.2 Å². The van der Waals surface area contributed by atoms with Crippen LogP contribution in [0.5, 0.6) is 0 Å². The summed E-state index contributed by atoms with van der Waals surface area (Å²) in [5.41, 5.74) is 1.22. The van der Waals surface area contributed by atoms with Gasteiger partial charge in [0.05, 0.1) is 6.26 Å². The van der Waals surface area contributed by atoms with Gasteiger partial charge in [-0.2, -0.15) is 0 Å². The lowest BCUT2D eigenvalue weighted by atomic mass is 10.2. The van der Waals surface area contributed by atoms with Crippen LogP contribution in [-0.4, -0.2) is 17.4 Å². The van der Waals surface area contributed by atoms with Gasteiger partial charge in [0.15, 0.2) is 10.8 Å². The Kier molecular flexibility index (Phi) is 4.16. The molecule has 2 heterocycles. The molecule has 0 saturated carbocycles.